The fourth-order valence-corrected chi connectivity index (χ4v) is 1.86. The normalized spacial score (nSPS) is 14.1. The molecule has 4 heteroatoms. The molecule has 1 heterocycles. The lowest BCUT2D eigenvalue weighted by Gasteiger charge is -2.22. The number of aryl methyl sites for hydroxylation is 1. The van der Waals surface area contributed by atoms with Gasteiger partial charge >= 0.3 is 0 Å². The van der Waals surface area contributed by atoms with Gasteiger partial charge < -0.3 is 5.73 Å². The molecule has 0 radical (unpaired) electrons. The monoisotopic (exact) mass is 224 g/mol. The van der Waals surface area contributed by atoms with E-state index in [-0.39, 0.29) is 11.3 Å². The lowest BCUT2D eigenvalue weighted by Crippen LogP contribution is -2.20. The van der Waals surface area contributed by atoms with E-state index in [1.54, 1.807) is 0 Å². The van der Waals surface area contributed by atoms with Crippen LogP contribution in [-0.4, -0.2) is 21.7 Å². The number of nitrogens with one attached hydrogen (secondary N) is 1. The Morgan fingerprint density at radius 3 is 2.56 bits per heavy atom. The van der Waals surface area contributed by atoms with Crippen molar-refractivity contribution in [2.24, 2.45) is 11.1 Å². The van der Waals surface area contributed by atoms with Crippen LogP contribution in [0.15, 0.2) is 0 Å². The number of hydrogen-bond acceptors (Lipinski definition) is 3. The summed E-state index contributed by atoms with van der Waals surface area (Å²) in [6, 6.07) is 0. The van der Waals surface area contributed by atoms with Gasteiger partial charge in [0.25, 0.3) is 0 Å². The Morgan fingerprint density at radius 1 is 1.38 bits per heavy atom. The zero-order chi connectivity index (χ0) is 12.2. The predicted molar refractivity (Wildman–Crippen MR) is 66.2 cm³/mol. The van der Waals surface area contributed by atoms with Gasteiger partial charge in [0, 0.05) is 18.9 Å². The molecule has 92 valence electrons. The molecule has 0 aliphatic rings. The molecule has 1 aromatic heterocycles. The summed E-state index contributed by atoms with van der Waals surface area (Å²) in [5, 5.41) is 7.26. The summed E-state index contributed by atoms with van der Waals surface area (Å²) in [6.07, 6.45) is 3.06. The average Bonchev–Trinajstić information content (AvgIpc) is 2.62. The molecule has 0 saturated heterocycles. The van der Waals surface area contributed by atoms with Gasteiger partial charge in [0.05, 0.1) is 0 Å². The van der Waals surface area contributed by atoms with Crippen LogP contribution in [0.25, 0.3) is 0 Å². The Bertz CT molecular complexity index is 311. The van der Waals surface area contributed by atoms with Crippen molar-refractivity contribution >= 4 is 0 Å². The zero-order valence-electron chi connectivity index (χ0n) is 10.9. The van der Waals surface area contributed by atoms with E-state index in [9.17, 15) is 0 Å². The third-order valence-electron chi connectivity index (χ3n) is 2.54. The number of hydrogen-bond donors (Lipinski definition) is 2. The highest BCUT2D eigenvalue weighted by Crippen LogP contribution is 2.28. The van der Waals surface area contributed by atoms with Crippen molar-refractivity contribution < 1.29 is 0 Å². The van der Waals surface area contributed by atoms with Gasteiger partial charge in [-0.3, -0.25) is 5.10 Å². The highest BCUT2D eigenvalue weighted by Gasteiger charge is 2.22. The summed E-state index contributed by atoms with van der Waals surface area (Å²) in [5.74, 6) is 2.12. The van der Waals surface area contributed by atoms with Gasteiger partial charge in [-0.15, -0.1) is 0 Å². The van der Waals surface area contributed by atoms with Crippen molar-refractivity contribution in [2.75, 3.05) is 6.54 Å². The van der Waals surface area contributed by atoms with E-state index in [2.05, 4.69) is 42.9 Å². The van der Waals surface area contributed by atoms with Crippen molar-refractivity contribution in [3.63, 3.8) is 0 Å². The van der Waals surface area contributed by atoms with Crippen molar-refractivity contribution in [1.29, 1.82) is 0 Å². The summed E-state index contributed by atoms with van der Waals surface area (Å²) >= 11 is 0. The van der Waals surface area contributed by atoms with E-state index in [0.717, 1.165) is 30.9 Å². The molecule has 0 aromatic carbocycles. The Balaban J connectivity index is 2.71. The van der Waals surface area contributed by atoms with Crippen LogP contribution < -0.4 is 5.73 Å². The molecule has 0 aliphatic carbocycles. The van der Waals surface area contributed by atoms with Crippen LogP contribution in [-0.2, 0) is 6.42 Å². The van der Waals surface area contributed by atoms with Crippen LogP contribution in [0.3, 0.4) is 0 Å². The second kappa shape index (κ2) is 5.43. The van der Waals surface area contributed by atoms with Gasteiger partial charge in [-0.05, 0) is 18.3 Å². The average molecular weight is 224 g/mol. The molecule has 16 heavy (non-hydrogen) atoms. The van der Waals surface area contributed by atoms with Crippen molar-refractivity contribution in [1.82, 2.24) is 15.2 Å². The Morgan fingerprint density at radius 2 is 2.06 bits per heavy atom. The first-order valence-electron chi connectivity index (χ1n) is 6.07. The fraction of sp³-hybridized carbons (Fsp3) is 0.833. The van der Waals surface area contributed by atoms with Gasteiger partial charge in [-0.2, -0.15) is 5.10 Å². The Labute approximate surface area is 98.0 Å². The first kappa shape index (κ1) is 13.2. The summed E-state index contributed by atoms with van der Waals surface area (Å²) in [5.41, 5.74) is 6.06. The number of H-pyrrole nitrogens is 1. The van der Waals surface area contributed by atoms with Crippen LogP contribution in [0.5, 0.6) is 0 Å². The standard InChI is InChI=1S/C12H24N4/c1-5-6-10-14-11(16-15-10)9(8-13)7-12(2,3)4/h9H,5-8,13H2,1-4H3,(H,14,15,16). The maximum Gasteiger partial charge on any atom is 0.155 e. The molecular formula is C12H24N4. The van der Waals surface area contributed by atoms with Crippen molar-refractivity contribution in [2.45, 2.75) is 52.9 Å². The summed E-state index contributed by atoms with van der Waals surface area (Å²) in [7, 11) is 0. The van der Waals surface area contributed by atoms with Gasteiger partial charge in [-0.25, -0.2) is 4.98 Å². The third kappa shape index (κ3) is 3.93. The number of aromatic amines is 1. The van der Waals surface area contributed by atoms with E-state index in [4.69, 9.17) is 5.73 Å². The lowest BCUT2D eigenvalue weighted by atomic mass is 9.84. The molecular weight excluding hydrogens is 200 g/mol. The fourth-order valence-electron chi connectivity index (χ4n) is 1.86. The smallest absolute Gasteiger partial charge is 0.155 e. The first-order chi connectivity index (χ1) is 7.46. The second-order valence-corrected chi connectivity index (χ2v) is 5.59. The Kier molecular flexibility index (Phi) is 4.47. The highest BCUT2D eigenvalue weighted by atomic mass is 15.2. The Hall–Kier alpha value is -0.900. The number of rotatable bonds is 5. The van der Waals surface area contributed by atoms with Crippen molar-refractivity contribution in [3.05, 3.63) is 11.6 Å². The molecule has 1 rings (SSSR count). The number of aromatic nitrogens is 3. The predicted octanol–water partition coefficient (Wildman–Crippen LogP) is 2.24. The zero-order valence-corrected chi connectivity index (χ0v) is 10.9. The molecule has 0 aliphatic heterocycles. The van der Waals surface area contributed by atoms with Crippen LogP contribution in [0, 0.1) is 5.41 Å². The van der Waals surface area contributed by atoms with Crippen LogP contribution in [0.4, 0.5) is 0 Å². The van der Waals surface area contributed by atoms with E-state index in [1.165, 1.54) is 0 Å². The van der Waals surface area contributed by atoms with E-state index in [1.807, 2.05) is 0 Å². The summed E-state index contributed by atoms with van der Waals surface area (Å²) in [4.78, 5) is 4.51. The highest BCUT2D eigenvalue weighted by molar-refractivity contribution is 5.00. The second-order valence-electron chi connectivity index (χ2n) is 5.59. The number of nitrogens with zero attached hydrogens (tertiary/aromatic N) is 2. The largest absolute Gasteiger partial charge is 0.330 e. The third-order valence-corrected chi connectivity index (χ3v) is 2.54. The molecule has 0 fully saturated rings. The molecule has 1 atom stereocenters. The molecule has 0 spiro atoms. The van der Waals surface area contributed by atoms with E-state index in [0.29, 0.717) is 6.54 Å². The quantitative estimate of drug-likeness (QED) is 0.806. The van der Waals surface area contributed by atoms with Crippen LogP contribution in [0.2, 0.25) is 0 Å². The van der Waals surface area contributed by atoms with Crippen LogP contribution in [0.1, 0.15) is 58.1 Å². The van der Waals surface area contributed by atoms with Gasteiger partial charge in [0.15, 0.2) is 5.82 Å². The minimum absolute atomic E-state index is 0.260. The summed E-state index contributed by atoms with van der Waals surface area (Å²) in [6.45, 7) is 9.40. The molecule has 1 unspecified atom stereocenters. The van der Waals surface area contributed by atoms with E-state index >= 15 is 0 Å². The maximum absolute atomic E-state index is 5.80. The first-order valence-corrected chi connectivity index (χ1v) is 6.07. The van der Waals surface area contributed by atoms with E-state index < -0.39 is 0 Å². The number of nitrogens with two attached hydrogens (primary N) is 1. The molecule has 1 aromatic rings. The van der Waals surface area contributed by atoms with Gasteiger partial charge in [0.1, 0.15) is 5.82 Å². The SMILES string of the molecule is CCCc1nc(C(CN)CC(C)(C)C)n[nH]1. The molecule has 3 N–H and O–H groups in total. The molecule has 0 saturated carbocycles. The topological polar surface area (TPSA) is 67.6 Å². The minimum Gasteiger partial charge on any atom is -0.330 e. The van der Waals surface area contributed by atoms with Gasteiger partial charge in [0.2, 0.25) is 0 Å². The maximum atomic E-state index is 5.80. The van der Waals surface area contributed by atoms with Crippen molar-refractivity contribution in [3.8, 4) is 0 Å². The molecule has 4 nitrogen and oxygen atoms in total. The lowest BCUT2D eigenvalue weighted by molar-refractivity contribution is 0.336. The van der Waals surface area contributed by atoms with Gasteiger partial charge in [-0.1, -0.05) is 27.7 Å². The summed E-state index contributed by atoms with van der Waals surface area (Å²) < 4.78 is 0. The minimum atomic E-state index is 0.260. The molecule has 0 amide bonds. The van der Waals surface area contributed by atoms with Crippen LogP contribution >= 0.6 is 0 Å². The molecule has 0 bridgehead atoms.